The van der Waals surface area contributed by atoms with Crippen LogP contribution in [0.25, 0.3) is 0 Å². The van der Waals surface area contributed by atoms with Gasteiger partial charge in [-0.05, 0) is 37.0 Å². The van der Waals surface area contributed by atoms with Crippen molar-refractivity contribution in [2.75, 3.05) is 18.9 Å². The zero-order chi connectivity index (χ0) is 17.1. The Hall–Kier alpha value is -2.23. The van der Waals surface area contributed by atoms with E-state index < -0.39 is 0 Å². The standard InChI is InChI=1S/C18H18FN3OS/c1-22(10-12-4-2-5-13(19)8-12)11-17(23)21-18-15(9-20)14-6-3-7-16(14)24-18/h2,4-5,8H,3,6-7,10-11H2,1H3,(H,21,23)/p+1. The van der Waals surface area contributed by atoms with E-state index in [0.717, 1.165) is 35.3 Å². The summed E-state index contributed by atoms with van der Waals surface area (Å²) in [5.74, 6) is -0.392. The third-order valence-corrected chi connectivity index (χ3v) is 5.35. The lowest BCUT2D eigenvalue weighted by molar-refractivity contribution is -0.885. The maximum atomic E-state index is 13.2. The molecule has 1 unspecified atom stereocenters. The fraction of sp³-hybridized carbons (Fsp3) is 0.333. The molecule has 0 saturated carbocycles. The molecule has 24 heavy (non-hydrogen) atoms. The van der Waals surface area contributed by atoms with Crippen LogP contribution in [0.5, 0.6) is 0 Å². The number of quaternary nitrogens is 1. The molecule has 1 heterocycles. The first-order valence-corrected chi connectivity index (χ1v) is 8.78. The van der Waals surface area contributed by atoms with Gasteiger partial charge in [0.25, 0.3) is 5.91 Å². The zero-order valence-electron chi connectivity index (χ0n) is 13.5. The minimum absolute atomic E-state index is 0.125. The van der Waals surface area contributed by atoms with Gasteiger partial charge in [0.15, 0.2) is 6.54 Å². The van der Waals surface area contributed by atoms with Crippen molar-refractivity contribution in [3.8, 4) is 6.07 Å². The average Bonchev–Trinajstić information content (AvgIpc) is 3.07. The quantitative estimate of drug-likeness (QED) is 0.870. The minimum Gasteiger partial charge on any atom is -0.326 e. The van der Waals surface area contributed by atoms with Gasteiger partial charge in [0, 0.05) is 10.4 Å². The zero-order valence-corrected chi connectivity index (χ0v) is 14.3. The predicted octanol–water partition coefficient (Wildman–Crippen LogP) is 1.90. The number of rotatable bonds is 5. The van der Waals surface area contributed by atoms with E-state index in [1.54, 1.807) is 6.07 Å². The fourth-order valence-electron chi connectivity index (χ4n) is 3.11. The summed E-state index contributed by atoms with van der Waals surface area (Å²) in [5, 5.41) is 12.9. The summed E-state index contributed by atoms with van der Waals surface area (Å²) in [5.41, 5.74) is 2.59. The number of halogens is 1. The summed E-state index contributed by atoms with van der Waals surface area (Å²) >= 11 is 1.52. The summed E-state index contributed by atoms with van der Waals surface area (Å²) in [4.78, 5) is 14.4. The van der Waals surface area contributed by atoms with E-state index >= 15 is 0 Å². The molecule has 0 saturated heterocycles. The molecule has 2 N–H and O–H groups in total. The first-order chi connectivity index (χ1) is 11.6. The third-order valence-electron chi connectivity index (χ3n) is 4.14. The first-order valence-electron chi connectivity index (χ1n) is 7.97. The van der Waals surface area contributed by atoms with E-state index in [4.69, 9.17) is 0 Å². The van der Waals surface area contributed by atoms with Crippen LogP contribution in [0.1, 0.15) is 28.0 Å². The Bertz CT molecular complexity index is 809. The van der Waals surface area contributed by atoms with Crippen molar-refractivity contribution in [2.24, 2.45) is 0 Å². The fourth-order valence-corrected chi connectivity index (χ4v) is 4.37. The van der Waals surface area contributed by atoms with Crippen LogP contribution in [0.2, 0.25) is 0 Å². The molecule has 2 aromatic rings. The molecule has 6 heteroatoms. The van der Waals surface area contributed by atoms with Gasteiger partial charge in [-0.25, -0.2) is 4.39 Å². The van der Waals surface area contributed by atoms with Crippen molar-refractivity contribution >= 4 is 22.2 Å². The largest absolute Gasteiger partial charge is 0.326 e. The normalized spacial score (nSPS) is 14.0. The van der Waals surface area contributed by atoms with E-state index in [9.17, 15) is 14.4 Å². The van der Waals surface area contributed by atoms with Crippen LogP contribution in [-0.4, -0.2) is 19.5 Å². The lowest BCUT2D eigenvalue weighted by Crippen LogP contribution is -3.08. The Morgan fingerprint density at radius 3 is 3.04 bits per heavy atom. The molecule has 3 rings (SSSR count). The van der Waals surface area contributed by atoms with E-state index in [2.05, 4.69) is 11.4 Å². The number of carbonyl (C=O) groups excluding carboxylic acids is 1. The molecule has 1 amide bonds. The molecule has 0 radical (unpaired) electrons. The number of nitrogens with zero attached hydrogens (tertiary/aromatic N) is 1. The SMILES string of the molecule is C[NH+](CC(=O)Nc1sc2c(c1C#N)CCC2)Cc1cccc(F)c1. The van der Waals surface area contributed by atoms with E-state index in [1.807, 2.05) is 13.1 Å². The molecule has 1 aliphatic rings. The Balaban J connectivity index is 1.61. The number of thiophene rings is 1. The Morgan fingerprint density at radius 1 is 1.46 bits per heavy atom. The van der Waals surface area contributed by atoms with Crippen molar-refractivity contribution < 1.29 is 14.1 Å². The maximum absolute atomic E-state index is 13.2. The summed E-state index contributed by atoms with van der Waals surface area (Å²) in [6, 6.07) is 8.64. The third kappa shape index (κ3) is 3.64. The van der Waals surface area contributed by atoms with Crippen molar-refractivity contribution in [1.29, 1.82) is 5.26 Å². The number of likely N-dealkylation sites (N-methyl/N-ethyl adjacent to an activating group) is 1. The van der Waals surface area contributed by atoms with Crippen molar-refractivity contribution in [3.63, 3.8) is 0 Å². The monoisotopic (exact) mass is 344 g/mol. The van der Waals surface area contributed by atoms with E-state index in [-0.39, 0.29) is 18.3 Å². The number of hydrogen-bond acceptors (Lipinski definition) is 3. The van der Waals surface area contributed by atoms with Gasteiger partial charge in [0.2, 0.25) is 0 Å². The number of aryl methyl sites for hydroxylation is 1. The number of hydrogen-bond donors (Lipinski definition) is 2. The summed E-state index contributed by atoms with van der Waals surface area (Å²) in [6.45, 7) is 0.835. The molecular weight excluding hydrogens is 325 g/mol. The molecule has 1 aromatic carbocycles. The highest BCUT2D eigenvalue weighted by Gasteiger charge is 2.23. The van der Waals surface area contributed by atoms with Crippen LogP contribution in [0.15, 0.2) is 24.3 Å². The van der Waals surface area contributed by atoms with Gasteiger partial charge in [-0.15, -0.1) is 11.3 Å². The highest BCUT2D eigenvalue weighted by atomic mass is 32.1. The van der Waals surface area contributed by atoms with E-state index in [0.29, 0.717) is 17.1 Å². The molecule has 0 fully saturated rings. The average molecular weight is 344 g/mol. The molecule has 0 spiro atoms. The van der Waals surface area contributed by atoms with Crippen molar-refractivity contribution in [3.05, 3.63) is 51.7 Å². The number of amides is 1. The minimum atomic E-state index is -0.267. The number of nitrogens with one attached hydrogen (secondary N) is 2. The summed E-state index contributed by atoms with van der Waals surface area (Å²) < 4.78 is 13.2. The van der Waals surface area contributed by atoms with Gasteiger partial charge in [0.1, 0.15) is 23.4 Å². The Labute approximate surface area is 144 Å². The first kappa shape index (κ1) is 16.6. The molecule has 1 aromatic heterocycles. The highest BCUT2D eigenvalue weighted by molar-refractivity contribution is 7.16. The van der Waals surface area contributed by atoms with Gasteiger partial charge in [-0.1, -0.05) is 12.1 Å². The lowest BCUT2D eigenvalue weighted by Gasteiger charge is -2.13. The molecule has 1 aliphatic carbocycles. The maximum Gasteiger partial charge on any atom is 0.280 e. The number of carbonyl (C=O) groups is 1. The second-order valence-corrected chi connectivity index (χ2v) is 7.27. The topological polar surface area (TPSA) is 57.3 Å². The van der Waals surface area contributed by atoms with Crippen LogP contribution >= 0.6 is 11.3 Å². The smallest absolute Gasteiger partial charge is 0.280 e. The van der Waals surface area contributed by atoms with Crippen LogP contribution in [-0.2, 0) is 24.2 Å². The second kappa shape index (κ2) is 7.12. The number of benzene rings is 1. The van der Waals surface area contributed by atoms with Gasteiger partial charge in [-0.3, -0.25) is 4.79 Å². The van der Waals surface area contributed by atoms with Gasteiger partial charge in [-0.2, -0.15) is 5.26 Å². The molecule has 124 valence electrons. The predicted molar refractivity (Wildman–Crippen MR) is 91.5 cm³/mol. The second-order valence-electron chi connectivity index (χ2n) is 6.16. The number of nitriles is 1. The highest BCUT2D eigenvalue weighted by Crippen LogP contribution is 2.38. The van der Waals surface area contributed by atoms with Gasteiger partial charge in [0.05, 0.1) is 12.6 Å². The molecule has 1 atom stereocenters. The van der Waals surface area contributed by atoms with Gasteiger partial charge < -0.3 is 10.2 Å². The molecular formula is C18H19FN3OS+. The van der Waals surface area contributed by atoms with Crippen LogP contribution < -0.4 is 10.2 Å². The van der Waals surface area contributed by atoms with Crippen LogP contribution in [0, 0.1) is 17.1 Å². The van der Waals surface area contributed by atoms with Crippen LogP contribution in [0.3, 0.4) is 0 Å². The van der Waals surface area contributed by atoms with Crippen LogP contribution in [0.4, 0.5) is 9.39 Å². The molecule has 0 aliphatic heterocycles. The molecule has 0 bridgehead atoms. The van der Waals surface area contributed by atoms with Crippen molar-refractivity contribution in [2.45, 2.75) is 25.8 Å². The van der Waals surface area contributed by atoms with Gasteiger partial charge >= 0.3 is 0 Å². The summed E-state index contributed by atoms with van der Waals surface area (Å²) in [7, 11) is 1.89. The number of fused-ring (bicyclic) bond motifs is 1. The van der Waals surface area contributed by atoms with Crippen molar-refractivity contribution in [1.82, 2.24) is 0 Å². The number of anilines is 1. The Morgan fingerprint density at radius 2 is 2.29 bits per heavy atom. The summed E-state index contributed by atoms with van der Waals surface area (Å²) in [6.07, 6.45) is 3.01. The Kier molecular flexibility index (Phi) is 4.93. The lowest BCUT2D eigenvalue weighted by atomic mass is 10.1. The molecule has 4 nitrogen and oxygen atoms in total. The van der Waals surface area contributed by atoms with E-state index in [1.165, 1.54) is 28.3 Å².